The zero-order valence-electron chi connectivity index (χ0n) is 9.40. The third kappa shape index (κ3) is 3.80. The average molecular weight is 273 g/mol. The first-order valence-corrected chi connectivity index (χ1v) is 5.82. The Morgan fingerprint density at radius 2 is 2.33 bits per heavy atom. The van der Waals surface area contributed by atoms with Crippen LogP contribution in [0.2, 0.25) is 0 Å². The van der Waals surface area contributed by atoms with Crippen molar-refractivity contribution < 1.29 is 4.74 Å². The Kier molecular flexibility index (Phi) is 5.05. The highest BCUT2D eigenvalue weighted by atomic mass is 79.9. The summed E-state index contributed by atoms with van der Waals surface area (Å²) in [5, 5.41) is 0. The molecule has 0 bridgehead atoms. The Balaban J connectivity index is 2.61. The van der Waals surface area contributed by atoms with Crippen LogP contribution >= 0.6 is 15.9 Å². The van der Waals surface area contributed by atoms with E-state index >= 15 is 0 Å². The van der Waals surface area contributed by atoms with E-state index in [1.54, 1.807) is 7.11 Å². The molecule has 0 amide bonds. The maximum Gasteiger partial charge on any atom is 0.131 e. The van der Waals surface area contributed by atoms with Gasteiger partial charge in [-0.2, -0.15) is 0 Å². The molecule has 0 aliphatic rings. The first kappa shape index (κ1) is 12.5. The number of ether oxygens (including phenoxy) is 1. The summed E-state index contributed by atoms with van der Waals surface area (Å²) in [5.41, 5.74) is 1.19. The van der Waals surface area contributed by atoms with Crippen LogP contribution in [0.4, 0.5) is 5.82 Å². The maximum absolute atomic E-state index is 5.08. The van der Waals surface area contributed by atoms with Gasteiger partial charge >= 0.3 is 0 Å². The van der Waals surface area contributed by atoms with Crippen molar-refractivity contribution in [2.24, 2.45) is 0 Å². The second kappa shape index (κ2) is 6.08. The highest BCUT2D eigenvalue weighted by Crippen LogP contribution is 2.15. The molecule has 0 aromatic carbocycles. The normalized spacial score (nSPS) is 12.5. The summed E-state index contributed by atoms with van der Waals surface area (Å²) in [6, 6.07) is 4.02. The molecule has 0 radical (unpaired) electrons. The van der Waals surface area contributed by atoms with E-state index in [2.05, 4.69) is 38.8 Å². The van der Waals surface area contributed by atoms with E-state index in [1.165, 1.54) is 5.56 Å². The molecule has 0 aliphatic heterocycles. The number of rotatable bonds is 5. The molecule has 0 fully saturated rings. The van der Waals surface area contributed by atoms with Crippen LogP contribution in [0, 0.1) is 6.92 Å². The summed E-state index contributed by atoms with van der Waals surface area (Å²) >= 11 is 3.57. The summed E-state index contributed by atoms with van der Waals surface area (Å²) < 4.78 is 5.08. The first-order valence-electron chi connectivity index (χ1n) is 4.91. The van der Waals surface area contributed by atoms with Gasteiger partial charge in [-0.05, 0) is 18.6 Å². The van der Waals surface area contributed by atoms with Gasteiger partial charge in [-0.15, -0.1) is 0 Å². The van der Waals surface area contributed by atoms with Crippen molar-refractivity contribution in [1.82, 2.24) is 4.98 Å². The van der Waals surface area contributed by atoms with Crippen LogP contribution in [0.15, 0.2) is 18.3 Å². The number of aryl methyl sites for hydroxylation is 1. The Morgan fingerprint density at radius 3 is 2.93 bits per heavy atom. The monoisotopic (exact) mass is 272 g/mol. The molecule has 1 atom stereocenters. The lowest BCUT2D eigenvalue weighted by molar-refractivity contribution is 0.201. The van der Waals surface area contributed by atoms with Gasteiger partial charge in [0.15, 0.2) is 0 Å². The van der Waals surface area contributed by atoms with E-state index in [0.29, 0.717) is 11.4 Å². The van der Waals surface area contributed by atoms with Crippen molar-refractivity contribution in [3.63, 3.8) is 0 Å². The van der Waals surface area contributed by atoms with Gasteiger partial charge in [0.05, 0.1) is 11.4 Å². The van der Waals surface area contributed by atoms with Crippen molar-refractivity contribution in [3.05, 3.63) is 23.9 Å². The van der Waals surface area contributed by atoms with E-state index < -0.39 is 0 Å². The zero-order valence-corrected chi connectivity index (χ0v) is 11.0. The van der Waals surface area contributed by atoms with E-state index in [0.717, 1.165) is 12.4 Å². The summed E-state index contributed by atoms with van der Waals surface area (Å²) in [5.74, 6) is 1.03. The van der Waals surface area contributed by atoms with Gasteiger partial charge in [0.2, 0.25) is 0 Å². The summed E-state index contributed by atoms with van der Waals surface area (Å²) in [7, 11) is 3.75. The number of anilines is 1. The number of hydrogen-bond donors (Lipinski definition) is 0. The van der Waals surface area contributed by atoms with Crippen LogP contribution < -0.4 is 4.90 Å². The number of halogens is 1. The molecule has 4 heteroatoms. The predicted molar refractivity (Wildman–Crippen MR) is 66.8 cm³/mol. The Hall–Kier alpha value is -0.610. The zero-order chi connectivity index (χ0) is 11.3. The highest BCUT2D eigenvalue weighted by molar-refractivity contribution is 9.09. The number of pyridine rings is 1. The highest BCUT2D eigenvalue weighted by Gasteiger charge is 2.10. The van der Waals surface area contributed by atoms with Gasteiger partial charge in [-0.1, -0.05) is 22.0 Å². The summed E-state index contributed by atoms with van der Waals surface area (Å²) in [4.78, 5) is 6.82. The molecular formula is C11H17BrN2O. The van der Waals surface area contributed by atoms with E-state index in [1.807, 2.05) is 19.3 Å². The molecule has 1 aromatic heterocycles. The van der Waals surface area contributed by atoms with E-state index in [4.69, 9.17) is 4.74 Å². The molecular weight excluding hydrogens is 256 g/mol. The fraction of sp³-hybridized carbons (Fsp3) is 0.545. The van der Waals surface area contributed by atoms with Gasteiger partial charge in [-0.25, -0.2) is 4.98 Å². The molecule has 1 aromatic rings. The van der Waals surface area contributed by atoms with Crippen LogP contribution in [0.5, 0.6) is 0 Å². The molecule has 3 nitrogen and oxygen atoms in total. The number of alkyl halides is 1. The van der Waals surface area contributed by atoms with Crippen molar-refractivity contribution in [2.45, 2.75) is 11.8 Å². The molecule has 0 saturated heterocycles. The standard InChI is InChI=1S/C11H17BrN2O/c1-9-5-4-6-13-11(9)14(2)7-10(12)8-15-3/h4-6,10H,7-8H2,1-3H3. The van der Waals surface area contributed by atoms with Crippen LogP contribution in [-0.2, 0) is 4.74 Å². The van der Waals surface area contributed by atoms with Crippen molar-refractivity contribution in [1.29, 1.82) is 0 Å². The van der Waals surface area contributed by atoms with Crippen LogP contribution in [0.1, 0.15) is 5.56 Å². The second-order valence-electron chi connectivity index (χ2n) is 3.58. The molecule has 0 saturated carbocycles. The van der Waals surface area contributed by atoms with Crippen molar-refractivity contribution in [3.8, 4) is 0 Å². The summed E-state index contributed by atoms with van der Waals surface area (Å²) in [6.45, 7) is 3.65. The minimum atomic E-state index is 0.328. The molecule has 0 aliphatic carbocycles. The third-order valence-electron chi connectivity index (χ3n) is 2.16. The quantitative estimate of drug-likeness (QED) is 0.769. The van der Waals surface area contributed by atoms with Crippen LogP contribution in [0.3, 0.4) is 0 Å². The Morgan fingerprint density at radius 1 is 1.60 bits per heavy atom. The van der Waals surface area contributed by atoms with Crippen molar-refractivity contribution >= 4 is 21.7 Å². The number of aromatic nitrogens is 1. The molecule has 84 valence electrons. The Labute approximate surface area is 99.6 Å². The number of methoxy groups -OCH3 is 1. The van der Waals surface area contributed by atoms with Crippen LogP contribution in [0.25, 0.3) is 0 Å². The number of nitrogens with zero attached hydrogens (tertiary/aromatic N) is 2. The lowest BCUT2D eigenvalue weighted by Gasteiger charge is -2.22. The van der Waals surface area contributed by atoms with Gasteiger partial charge in [-0.3, -0.25) is 0 Å². The molecule has 15 heavy (non-hydrogen) atoms. The fourth-order valence-electron chi connectivity index (χ4n) is 1.49. The molecule has 1 unspecified atom stereocenters. The molecule has 0 N–H and O–H groups in total. The van der Waals surface area contributed by atoms with Crippen molar-refractivity contribution in [2.75, 3.05) is 32.2 Å². The first-order chi connectivity index (χ1) is 7.15. The Bertz CT molecular complexity index is 306. The third-order valence-corrected chi connectivity index (χ3v) is 2.72. The van der Waals surface area contributed by atoms with Gasteiger partial charge in [0.1, 0.15) is 5.82 Å². The molecule has 0 spiro atoms. The van der Waals surface area contributed by atoms with Gasteiger partial charge in [0, 0.05) is 26.9 Å². The second-order valence-corrected chi connectivity index (χ2v) is 4.87. The summed E-state index contributed by atoms with van der Waals surface area (Å²) in [6.07, 6.45) is 1.82. The lowest BCUT2D eigenvalue weighted by Crippen LogP contribution is -2.29. The molecule has 1 rings (SSSR count). The lowest BCUT2D eigenvalue weighted by atomic mass is 10.2. The van der Waals surface area contributed by atoms with Crippen LogP contribution in [-0.4, -0.2) is 37.1 Å². The van der Waals surface area contributed by atoms with E-state index in [-0.39, 0.29) is 0 Å². The average Bonchev–Trinajstić information content (AvgIpc) is 2.18. The minimum absolute atomic E-state index is 0.328. The maximum atomic E-state index is 5.08. The number of hydrogen-bond acceptors (Lipinski definition) is 3. The minimum Gasteiger partial charge on any atom is -0.383 e. The topological polar surface area (TPSA) is 25.4 Å². The van der Waals surface area contributed by atoms with Gasteiger partial charge < -0.3 is 9.64 Å². The molecule has 1 heterocycles. The largest absolute Gasteiger partial charge is 0.383 e. The smallest absolute Gasteiger partial charge is 0.131 e. The van der Waals surface area contributed by atoms with E-state index in [9.17, 15) is 0 Å². The fourth-order valence-corrected chi connectivity index (χ4v) is 2.19. The van der Waals surface area contributed by atoms with Gasteiger partial charge in [0.25, 0.3) is 0 Å². The SMILES string of the molecule is COCC(Br)CN(C)c1ncccc1C. The predicted octanol–water partition coefficient (Wildman–Crippen LogP) is 2.24.